The van der Waals surface area contributed by atoms with Crippen molar-refractivity contribution in [2.24, 2.45) is 0 Å². The normalized spacial score (nSPS) is 23.6. The van der Waals surface area contributed by atoms with E-state index in [1.165, 1.54) is 0 Å². The van der Waals surface area contributed by atoms with Gasteiger partial charge in [0.1, 0.15) is 12.2 Å². The molecule has 0 aliphatic carbocycles. The fourth-order valence-electron chi connectivity index (χ4n) is 2.59. The lowest BCUT2D eigenvalue weighted by molar-refractivity contribution is -0.00461. The molecule has 2 heterocycles. The van der Waals surface area contributed by atoms with Gasteiger partial charge in [-0.05, 0) is 20.8 Å². The lowest BCUT2D eigenvalue weighted by atomic mass is 10.3. The van der Waals surface area contributed by atoms with Crippen molar-refractivity contribution in [1.82, 2.24) is 9.78 Å². The number of nitrogen functional groups attached to an aromatic ring is 1. The van der Waals surface area contributed by atoms with Crippen LogP contribution in [0.5, 0.6) is 0 Å². The van der Waals surface area contributed by atoms with E-state index < -0.39 is 0 Å². The van der Waals surface area contributed by atoms with Gasteiger partial charge in [-0.2, -0.15) is 5.10 Å². The summed E-state index contributed by atoms with van der Waals surface area (Å²) in [7, 11) is 3.43. The third-order valence-corrected chi connectivity index (χ3v) is 3.71. The number of anilines is 2. The van der Waals surface area contributed by atoms with Crippen molar-refractivity contribution in [3.05, 3.63) is 5.69 Å². The predicted molar refractivity (Wildman–Crippen MR) is 75.6 cm³/mol. The van der Waals surface area contributed by atoms with Crippen LogP contribution < -0.4 is 10.6 Å². The van der Waals surface area contributed by atoms with Crippen molar-refractivity contribution in [2.75, 3.05) is 37.9 Å². The molecule has 0 radical (unpaired) electrons. The quantitative estimate of drug-likeness (QED) is 0.889. The molecule has 1 aromatic heterocycles. The van der Waals surface area contributed by atoms with Crippen LogP contribution in [-0.4, -0.2) is 49.3 Å². The van der Waals surface area contributed by atoms with E-state index in [0.29, 0.717) is 0 Å². The number of hydrogen-bond donors (Lipinski definition) is 1. The molecule has 1 aromatic rings. The first-order chi connectivity index (χ1) is 8.99. The van der Waals surface area contributed by atoms with Crippen LogP contribution in [0, 0.1) is 6.92 Å². The molecule has 1 saturated heterocycles. The molecular formula is C13H24N4O2. The van der Waals surface area contributed by atoms with Gasteiger partial charge in [0.15, 0.2) is 5.82 Å². The molecule has 1 aliphatic heterocycles. The van der Waals surface area contributed by atoms with Gasteiger partial charge in [0, 0.05) is 33.4 Å². The average Bonchev–Trinajstić information content (AvgIpc) is 2.91. The second-order valence-corrected chi connectivity index (χ2v) is 5.31. The summed E-state index contributed by atoms with van der Waals surface area (Å²) in [5.74, 6) is 0.981. The highest BCUT2D eigenvalue weighted by Crippen LogP contribution is 2.32. The molecular weight excluding hydrogens is 244 g/mol. The van der Waals surface area contributed by atoms with Crippen molar-refractivity contribution < 1.29 is 9.47 Å². The number of nitrogens with zero attached hydrogens (tertiary/aromatic N) is 3. The van der Waals surface area contributed by atoms with E-state index in [9.17, 15) is 0 Å². The Hall–Kier alpha value is -1.27. The Morgan fingerprint density at radius 1 is 1.21 bits per heavy atom. The number of hydrogen-bond acceptors (Lipinski definition) is 5. The van der Waals surface area contributed by atoms with E-state index in [2.05, 4.69) is 23.8 Å². The van der Waals surface area contributed by atoms with Crippen molar-refractivity contribution in [3.63, 3.8) is 0 Å². The molecule has 0 spiro atoms. The molecule has 1 fully saturated rings. The molecule has 2 N–H and O–H groups in total. The number of aryl methyl sites for hydroxylation is 1. The first kappa shape index (κ1) is 14.1. The van der Waals surface area contributed by atoms with Crippen LogP contribution in [0.4, 0.5) is 11.5 Å². The number of ether oxygens (including phenoxy) is 2. The first-order valence-corrected chi connectivity index (χ1v) is 6.64. The summed E-state index contributed by atoms with van der Waals surface area (Å²) < 4.78 is 12.9. The highest BCUT2D eigenvalue weighted by atomic mass is 16.5. The van der Waals surface area contributed by atoms with Crippen LogP contribution in [0.3, 0.4) is 0 Å². The van der Waals surface area contributed by atoms with Crippen molar-refractivity contribution in [2.45, 2.75) is 39.0 Å². The van der Waals surface area contributed by atoms with Crippen LogP contribution in [0.1, 0.15) is 25.6 Å². The molecule has 0 amide bonds. The van der Waals surface area contributed by atoms with Crippen molar-refractivity contribution in [1.29, 1.82) is 0 Å². The van der Waals surface area contributed by atoms with Crippen LogP contribution in [0.2, 0.25) is 0 Å². The molecule has 0 aromatic carbocycles. The molecule has 1 aliphatic rings. The molecule has 2 unspecified atom stereocenters. The Bertz CT molecular complexity index is 432. The number of aromatic nitrogens is 2. The van der Waals surface area contributed by atoms with Gasteiger partial charge >= 0.3 is 0 Å². The Balaban J connectivity index is 2.32. The van der Waals surface area contributed by atoms with E-state index in [-0.39, 0.29) is 18.2 Å². The summed E-state index contributed by atoms with van der Waals surface area (Å²) in [6.07, 6.45) is 0.139. The standard InChI is InChI=1S/C13H24N4O2/c1-8(2)17-13(12(14)9(3)15-17)16-6-10(18-4)11(7-16)19-5/h8,10-11H,6-7,14H2,1-5H3. The lowest BCUT2D eigenvalue weighted by Crippen LogP contribution is -2.27. The largest absolute Gasteiger partial charge is 0.394 e. The van der Waals surface area contributed by atoms with Gasteiger partial charge in [-0.25, -0.2) is 4.68 Å². The van der Waals surface area contributed by atoms with Crippen LogP contribution in [-0.2, 0) is 9.47 Å². The zero-order valence-corrected chi connectivity index (χ0v) is 12.4. The minimum absolute atomic E-state index is 0.0696. The molecule has 2 atom stereocenters. The monoisotopic (exact) mass is 268 g/mol. The third kappa shape index (κ3) is 2.42. The van der Waals surface area contributed by atoms with Gasteiger partial charge in [0.05, 0.1) is 11.4 Å². The van der Waals surface area contributed by atoms with Crippen molar-refractivity contribution in [3.8, 4) is 0 Å². The first-order valence-electron chi connectivity index (χ1n) is 6.64. The second-order valence-electron chi connectivity index (χ2n) is 5.31. The predicted octanol–water partition coefficient (Wildman–Crippen LogP) is 1.20. The Morgan fingerprint density at radius 3 is 2.16 bits per heavy atom. The van der Waals surface area contributed by atoms with Gasteiger partial charge in [0.2, 0.25) is 0 Å². The number of methoxy groups -OCH3 is 2. The Morgan fingerprint density at radius 2 is 1.74 bits per heavy atom. The van der Waals surface area contributed by atoms with Gasteiger partial charge < -0.3 is 20.1 Å². The minimum Gasteiger partial charge on any atom is -0.394 e. The molecule has 2 rings (SSSR count). The summed E-state index contributed by atoms with van der Waals surface area (Å²) in [6.45, 7) is 7.70. The minimum atomic E-state index is 0.0696. The van der Waals surface area contributed by atoms with Crippen LogP contribution >= 0.6 is 0 Å². The fourth-order valence-corrected chi connectivity index (χ4v) is 2.59. The molecule has 19 heavy (non-hydrogen) atoms. The van der Waals surface area contributed by atoms with E-state index in [4.69, 9.17) is 15.2 Å². The topological polar surface area (TPSA) is 65.5 Å². The number of rotatable bonds is 4. The third-order valence-electron chi connectivity index (χ3n) is 3.71. The zero-order chi connectivity index (χ0) is 14.2. The molecule has 0 saturated carbocycles. The van der Waals surface area contributed by atoms with E-state index in [1.54, 1.807) is 14.2 Å². The van der Waals surface area contributed by atoms with Gasteiger partial charge in [-0.3, -0.25) is 0 Å². The van der Waals surface area contributed by atoms with Gasteiger partial charge in [0.25, 0.3) is 0 Å². The van der Waals surface area contributed by atoms with E-state index in [0.717, 1.165) is 30.3 Å². The average molecular weight is 268 g/mol. The smallest absolute Gasteiger partial charge is 0.151 e. The molecule has 6 heteroatoms. The number of nitrogens with two attached hydrogens (primary N) is 1. The molecule has 0 bridgehead atoms. The maximum absolute atomic E-state index is 6.19. The maximum Gasteiger partial charge on any atom is 0.151 e. The SMILES string of the molecule is COC1CN(c2c(N)c(C)nn2C(C)C)CC1OC. The fraction of sp³-hybridized carbons (Fsp3) is 0.769. The van der Waals surface area contributed by atoms with Crippen LogP contribution in [0.25, 0.3) is 0 Å². The summed E-state index contributed by atoms with van der Waals surface area (Å²) in [5, 5.41) is 4.52. The summed E-state index contributed by atoms with van der Waals surface area (Å²) in [4.78, 5) is 2.21. The summed E-state index contributed by atoms with van der Waals surface area (Å²) >= 11 is 0. The highest BCUT2D eigenvalue weighted by Gasteiger charge is 2.36. The van der Waals surface area contributed by atoms with E-state index in [1.807, 2.05) is 11.6 Å². The summed E-state index contributed by atoms with van der Waals surface area (Å²) in [6, 6.07) is 0.272. The Kier molecular flexibility index (Phi) is 4.01. The second kappa shape index (κ2) is 5.38. The Labute approximate surface area is 114 Å². The molecule has 6 nitrogen and oxygen atoms in total. The highest BCUT2D eigenvalue weighted by molar-refractivity contribution is 5.67. The van der Waals surface area contributed by atoms with Gasteiger partial charge in [-0.15, -0.1) is 0 Å². The van der Waals surface area contributed by atoms with Crippen molar-refractivity contribution >= 4 is 11.5 Å². The zero-order valence-electron chi connectivity index (χ0n) is 12.4. The lowest BCUT2D eigenvalue weighted by Gasteiger charge is -2.22. The van der Waals surface area contributed by atoms with Gasteiger partial charge in [-0.1, -0.05) is 0 Å². The summed E-state index contributed by atoms with van der Waals surface area (Å²) in [5.41, 5.74) is 7.81. The maximum atomic E-state index is 6.19. The molecule has 108 valence electrons. The van der Waals surface area contributed by atoms with E-state index >= 15 is 0 Å². The van der Waals surface area contributed by atoms with Crippen LogP contribution in [0.15, 0.2) is 0 Å².